The number of carbonyl (C=O) groups excluding carboxylic acids is 1. The van der Waals surface area contributed by atoms with E-state index >= 15 is 0 Å². The lowest BCUT2D eigenvalue weighted by Crippen LogP contribution is -2.16. The average Bonchev–Trinajstić information content (AvgIpc) is 2.46. The summed E-state index contributed by atoms with van der Waals surface area (Å²) in [6.45, 7) is 1.41. The number of rotatable bonds is 2. The van der Waals surface area contributed by atoms with Crippen LogP contribution in [0.1, 0.15) is 41.3 Å². The Balaban J connectivity index is 2.03. The van der Waals surface area contributed by atoms with Gasteiger partial charge in [0.2, 0.25) is 0 Å². The molecule has 1 heterocycles. The molecule has 0 radical (unpaired) electrons. The van der Waals surface area contributed by atoms with Gasteiger partial charge in [-0.2, -0.15) is 0 Å². The summed E-state index contributed by atoms with van der Waals surface area (Å²) in [6, 6.07) is 9.77. The topological polar surface area (TPSA) is 49.9 Å². The van der Waals surface area contributed by atoms with Gasteiger partial charge >= 0.3 is 0 Å². The van der Waals surface area contributed by atoms with E-state index in [2.05, 4.69) is 17.1 Å². The first-order chi connectivity index (χ1) is 9.65. The van der Waals surface area contributed by atoms with Gasteiger partial charge in [-0.1, -0.05) is 12.1 Å². The summed E-state index contributed by atoms with van der Waals surface area (Å²) >= 11 is 0. The second-order valence-electron chi connectivity index (χ2n) is 5.36. The molecule has 2 aromatic rings. The van der Waals surface area contributed by atoms with Crippen LogP contribution < -0.4 is 5.56 Å². The number of aromatic amines is 1. The Morgan fingerprint density at radius 1 is 1.05 bits per heavy atom. The van der Waals surface area contributed by atoms with Crippen molar-refractivity contribution in [1.82, 2.24) is 4.98 Å². The number of ketones is 1. The lowest BCUT2D eigenvalue weighted by atomic mass is 9.90. The molecular formula is C17H17NO2. The van der Waals surface area contributed by atoms with E-state index in [9.17, 15) is 9.59 Å². The highest BCUT2D eigenvalue weighted by molar-refractivity contribution is 5.93. The van der Waals surface area contributed by atoms with Crippen LogP contribution in [0.15, 0.2) is 35.1 Å². The van der Waals surface area contributed by atoms with Crippen LogP contribution in [0, 0.1) is 0 Å². The predicted molar refractivity (Wildman–Crippen MR) is 79.1 cm³/mol. The molecule has 3 nitrogen and oxygen atoms in total. The molecule has 3 rings (SSSR count). The summed E-state index contributed by atoms with van der Waals surface area (Å²) in [5.41, 5.74) is 4.48. The molecule has 3 heteroatoms. The molecule has 0 bridgehead atoms. The third-order valence-corrected chi connectivity index (χ3v) is 3.95. The molecule has 0 unspecified atom stereocenters. The zero-order valence-corrected chi connectivity index (χ0v) is 11.5. The largest absolute Gasteiger partial charge is 0.321 e. The van der Waals surface area contributed by atoms with Crippen molar-refractivity contribution in [3.63, 3.8) is 0 Å². The number of aromatic nitrogens is 1. The molecule has 0 saturated carbocycles. The van der Waals surface area contributed by atoms with E-state index < -0.39 is 0 Å². The highest BCUT2D eigenvalue weighted by Crippen LogP contribution is 2.26. The Morgan fingerprint density at radius 2 is 1.80 bits per heavy atom. The SMILES string of the molecule is CC(=O)c1ccc(-c2ccc3c(c2)CCCC3)[nH]c1=O. The lowest BCUT2D eigenvalue weighted by molar-refractivity contribution is 0.101. The molecule has 1 N–H and O–H groups in total. The maximum atomic E-state index is 11.9. The van der Waals surface area contributed by atoms with Crippen molar-refractivity contribution in [2.24, 2.45) is 0 Å². The second-order valence-corrected chi connectivity index (χ2v) is 5.36. The molecule has 0 amide bonds. The summed E-state index contributed by atoms with van der Waals surface area (Å²) in [4.78, 5) is 26.0. The van der Waals surface area contributed by atoms with E-state index in [-0.39, 0.29) is 16.9 Å². The number of H-pyrrole nitrogens is 1. The van der Waals surface area contributed by atoms with Crippen LogP contribution in [0.2, 0.25) is 0 Å². The van der Waals surface area contributed by atoms with Crippen molar-refractivity contribution >= 4 is 5.78 Å². The zero-order valence-electron chi connectivity index (χ0n) is 11.5. The van der Waals surface area contributed by atoms with E-state index in [1.54, 1.807) is 6.07 Å². The zero-order chi connectivity index (χ0) is 14.1. The minimum atomic E-state index is -0.312. The molecule has 20 heavy (non-hydrogen) atoms. The summed E-state index contributed by atoms with van der Waals surface area (Å²) in [7, 11) is 0. The average molecular weight is 267 g/mol. The number of hydrogen-bond acceptors (Lipinski definition) is 2. The van der Waals surface area contributed by atoms with Crippen LogP contribution in [-0.2, 0) is 12.8 Å². The lowest BCUT2D eigenvalue weighted by Gasteiger charge is -2.16. The molecule has 0 fully saturated rings. The van der Waals surface area contributed by atoms with Gasteiger partial charge in [-0.05, 0) is 67.5 Å². The Morgan fingerprint density at radius 3 is 2.50 bits per heavy atom. The van der Waals surface area contributed by atoms with Gasteiger partial charge in [0.25, 0.3) is 5.56 Å². The molecule has 0 aliphatic heterocycles. The Bertz CT molecular complexity index is 728. The Labute approximate surface area is 117 Å². The monoisotopic (exact) mass is 267 g/mol. The van der Waals surface area contributed by atoms with Gasteiger partial charge in [-0.3, -0.25) is 9.59 Å². The van der Waals surface area contributed by atoms with E-state index in [0.29, 0.717) is 0 Å². The van der Waals surface area contributed by atoms with Crippen LogP contribution in [0.25, 0.3) is 11.3 Å². The molecule has 1 aromatic carbocycles. The number of Topliss-reactive ketones (excluding diaryl/α,β-unsaturated/α-hetero) is 1. The first kappa shape index (κ1) is 12.9. The molecule has 1 aliphatic carbocycles. The number of fused-ring (bicyclic) bond motifs is 1. The smallest absolute Gasteiger partial charge is 0.259 e. The molecule has 0 spiro atoms. The molecule has 0 atom stereocenters. The number of carbonyl (C=O) groups is 1. The van der Waals surface area contributed by atoms with Gasteiger partial charge in [0.05, 0.1) is 5.56 Å². The summed E-state index contributed by atoms with van der Waals surface area (Å²) in [6.07, 6.45) is 4.75. The summed E-state index contributed by atoms with van der Waals surface area (Å²) < 4.78 is 0. The van der Waals surface area contributed by atoms with Crippen LogP contribution in [0.5, 0.6) is 0 Å². The van der Waals surface area contributed by atoms with Crippen molar-refractivity contribution in [2.75, 3.05) is 0 Å². The van der Waals surface area contributed by atoms with E-state index in [0.717, 1.165) is 24.1 Å². The fourth-order valence-corrected chi connectivity index (χ4v) is 2.82. The number of pyridine rings is 1. The quantitative estimate of drug-likeness (QED) is 0.850. The second kappa shape index (κ2) is 5.08. The highest BCUT2D eigenvalue weighted by Gasteiger charge is 2.11. The number of aryl methyl sites for hydroxylation is 2. The normalized spacial score (nSPS) is 13.8. The van der Waals surface area contributed by atoms with Gasteiger partial charge < -0.3 is 4.98 Å². The third-order valence-electron chi connectivity index (χ3n) is 3.95. The van der Waals surface area contributed by atoms with E-state index in [4.69, 9.17) is 0 Å². The Hall–Kier alpha value is -2.16. The summed E-state index contributed by atoms with van der Waals surface area (Å²) in [5.74, 6) is -0.205. The van der Waals surface area contributed by atoms with Gasteiger partial charge in [-0.25, -0.2) is 0 Å². The first-order valence-corrected chi connectivity index (χ1v) is 7.01. The molecular weight excluding hydrogens is 250 g/mol. The predicted octanol–water partition coefficient (Wildman–Crippen LogP) is 3.12. The summed E-state index contributed by atoms with van der Waals surface area (Å²) in [5, 5.41) is 0. The first-order valence-electron chi connectivity index (χ1n) is 7.01. The van der Waals surface area contributed by atoms with Crippen molar-refractivity contribution in [3.8, 4) is 11.3 Å². The van der Waals surface area contributed by atoms with Gasteiger partial charge in [-0.15, -0.1) is 0 Å². The molecule has 0 saturated heterocycles. The van der Waals surface area contributed by atoms with Gasteiger partial charge in [0.1, 0.15) is 0 Å². The van der Waals surface area contributed by atoms with Crippen LogP contribution >= 0.6 is 0 Å². The van der Waals surface area contributed by atoms with E-state index in [1.807, 2.05) is 12.1 Å². The minimum Gasteiger partial charge on any atom is -0.321 e. The van der Waals surface area contributed by atoms with Crippen molar-refractivity contribution in [1.29, 1.82) is 0 Å². The number of benzene rings is 1. The Kier molecular flexibility index (Phi) is 3.26. The maximum Gasteiger partial charge on any atom is 0.259 e. The van der Waals surface area contributed by atoms with Crippen LogP contribution in [-0.4, -0.2) is 10.8 Å². The van der Waals surface area contributed by atoms with Gasteiger partial charge in [0, 0.05) is 5.69 Å². The minimum absolute atomic E-state index is 0.205. The van der Waals surface area contributed by atoms with E-state index in [1.165, 1.54) is 30.9 Å². The van der Waals surface area contributed by atoms with Crippen LogP contribution in [0.3, 0.4) is 0 Å². The van der Waals surface area contributed by atoms with Crippen LogP contribution in [0.4, 0.5) is 0 Å². The third kappa shape index (κ3) is 2.31. The van der Waals surface area contributed by atoms with Crippen molar-refractivity contribution in [2.45, 2.75) is 32.6 Å². The van der Waals surface area contributed by atoms with Crippen molar-refractivity contribution < 1.29 is 4.79 Å². The molecule has 102 valence electrons. The fraction of sp³-hybridized carbons (Fsp3) is 0.294. The molecule has 1 aliphatic rings. The highest BCUT2D eigenvalue weighted by atomic mass is 16.1. The number of hydrogen-bond donors (Lipinski definition) is 1. The van der Waals surface area contributed by atoms with Crippen molar-refractivity contribution in [3.05, 3.63) is 57.4 Å². The maximum absolute atomic E-state index is 11.9. The number of nitrogens with one attached hydrogen (secondary N) is 1. The molecule has 1 aromatic heterocycles. The van der Waals surface area contributed by atoms with Gasteiger partial charge in [0.15, 0.2) is 5.78 Å². The standard InChI is InChI=1S/C17H17NO2/c1-11(19)15-8-9-16(18-17(15)20)14-7-6-12-4-2-3-5-13(12)10-14/h6-10H,2-5H2,1H3,(H,18,20). The fourth-order valence-electron chi connectivity index (χ4n) is 2.82.